The van der Waals surface area contributed by atoms with E-state index in [1.807, 2.05) is 0 Å². The standard InChI is InChI=1S/C12H11ClF3NO/c1-7(2)9-5-4-8(12(14,15)16)6-10(9)17(3)11(13)18/h4-6H,1H2,2-3H3. The van der Waals surface area contributed by atoms with E-state index in [2.05, 4.69) is 6.58 Å². The Hall–Kier alpha value is -1.49. The van der Waals surface area contributed by atoms with Crippen molar-refractivity contribution in [2.75, 3.05) is 11.9 Å². The zero-order chi connectivity index (χ0) is 14.1. The number of carbonyl (C=O) groups is 1. The molecule has 0 radical (unpaired) electrons. The largest absolute Gasteiger partial charge is 0.416 e. The number of hydrogen-bond acceptors (Lipinski definition) is 1. The molecule has 98 valence electrons. The third-order valence-corrected chi connectivity index (χ3v) is 2.66. The van der Waals surface area contributed by atoms with Gasteiger partial charge in [-0.1, -0.05) is 12.6 Å². The Morgan fingerprint density at radius 2 is 1.94 bits per heavy atom. The summed E-state index contributed by atoms with van der Waals surface area (Å²) in [5.74, 6) is 0. The minimum atomic E-state index is -4.47. The average Bonchev–Trinajstić information content (AvgIpc) is 2.25. The lowest BCUT2D eigenvalue weighted by Gasteiger charge is -2.20. The zero-order valence-electron chi connectivity index (χ0n) is 9.81. The number of amides is 1. The molecule has 1 aromatic rings. The van der Waals surface area contributed by atoms with E-state index in [1.165, 1.54) is 13.1 Å². The molecule has 1 amide bonds. The normalized spacial score (nSPS) is 11.2. The Morgan fingerprint density at radius 3 is 2.33 bits per heavy atom. The highest BCUT2D eigenvalue weighted by atomic mass is 35.5. The fraction of sp³-hybridized carbons (Fsp3) is 0.250. The number of hydrogen-bond donors (Lipinski definition) is 0. The molecule has 0 aliphatic heterocycles. The van der Waals surface area contributed by atoms with Crippen LogP contribution < -0.4 is 4.90 Å². The first-order valence-corrected chi connectivity index (χ1v) is 5.32. The van der Waals surface area contributed by atoms with E-state index in [0.29, 0.717) is 11.1 Å². The molecule has 18 heavy (non-hydrogen) atoms. The summed E-state index contributed by atoms with van der Waals surface area (Å²) in [4.78, 5) is 12.0. The van der Waals surface area contributed by atoms with Crippen LogP contribution in [0.5, 0.6) is 0 Å². The van der Waals surface area contributed by atoms with Gasteiger partial charge in [0.25, 0.3) is 0 Å². The molecule has 0 spiro atoms. The minimum absolute atomic E-state index is 0.0809. The highest BCUT2D eigenvalue weighted by Gasteiger charge is 2.31. The first kappa shape index (κ1) is 14.6. The van der Waals surface area contributed by atoms with E-state index in [9.17, 15) is 18.0 Å². The highest BCUT2D eigenvalue weighted by Crippen LogP contribution is 2.35. The molecule has 0 aliphatic rings. The topological polar surface area (TPSA) is 20.3 Å². The average molecular weight is 278 g/mol. The van der Waals surface area contributed by atoms with Crippen molar-refractivity contribution < 1.29 is 18.0 Å². The third-order valence-electron chi connectivity index (χ3n) is 2.41. The van der Waals surface area contributed by atoms with Gasteiger partial charge in [0.2, 0.25) is 0 Å². The monoisotopic (exact) mass is 277 g/mol. The number of nitrogens with zero attached hydrogens (tertiary/aromatic N) is 1. The van der Waals surface area contributed by atoms with Crippen LogP contribution in [0.15, 0.2) is 24.8 Å². The first-order chi connectivity index (χ1) is 8.14. The molecule has 0 atom stereocenters. The van der Waals surface area contributed by atoms with Crippen molar-refractivity contribution in [3.8, 4) is 0 Å². The predicted molar refractivity (Wildman–Crippen MR) is 65.8 cm³/mol. The summed E-state index contributed by atoms with van der Waals surface area (Å²) in [6, 6.07) is 3.10. The molecule has 0 unspecified atom stereocenters. The van der Waals surface area contributed by atoms with Crippen LogP contribution >= 0.6 is 11.6 Å². The van der Waals surface area contributed by atoms with Crippen molar-refractivity contribution in [3.05, 3.63) is 35.9 Å². The number of anilines is 1. The number of halogens is 4. The molecule has 0 aliphatic carbocycles. The van der Waals surface area contributed by atoms with Crippen LogP contribution in [0.1, 0.15) is 18.1 Å². The quantitative estimate of drug-likeness (QED) is 0.574. The van der Waals surface area contributed by atoms with Crippen molar-refractivity contribution in [2.24, 2.45) is 0 Å². The van der Waals surface area contributed by atoms with Crippen molar-refractivity contribution in [1.82, 2.24) is 0 Å². The Bertz CT molecular complexity index is 497. The van der Waals surface area contributed by atoms with Gasteiger partial charge >= 0.3 is 11.5 Å². The molecular weight excluding hydrogens is 267 g/mol. The second kappa shape index (κ2) is 5.02. The van der Waals surface area contributed by atoms with E-state index < -0.39 is 17.1 Å². The van der Waals surface area contributed by atoms with Gasteiger partial charge in [-0.2, -0.15) is 13.2 Å². The molecule has 1 rings (SSSR count). The van der Waals surface area contributed by atoms with E-state index in [1.54, 1.807) is 6.92 Å². The number of carbonyl (C=O) groups excluding carboxylic acids is 1. The number of benzene rings is 1. The van der Waals surface area contributed by atoms with Gasteiger partial charge in [0.1, 0.15) is 0 Å². The zero-order valence-corrected chi connectivity index (χ0v) is 10.6. The fourth-order valence-corrected chi connectivity index (χ4v) is 1.53. The van der Waals surface area contributed by atoms with Crippen molar-refractivity contribution in [3.63, 3.8) is 0 Å². The van der Waals surface area contributed by atoms with E-state index in [0.717, 1.165) is 17.0 Å². The predicted octanol–water partition coefficient (Wildman–Crippen LogP) is 4.53. The Kier molecular flexibility index (Phi) is 4.06. The maximum Gasteiger partial charge on any atom is 0.416 e. The Balaban J connectivity index is 3.42. The lowest BCUT2D eigenvalue weighted by Crippen LogP contribution is -2.21. The van der Waals surface area contributed by atoms with E-state index >= 15 is 0 Å². The van der Waals surface area contributed by atoms with Gasteiger partial charge in [0.15, 0.2) is 0 Å². The van der Waals surface area contributed by atoms with Crippen LogP contribution in [0, 0.1) is 0 Å². The van der Waals surface area contributed by atoms with Gasteiger partial charge < -0.3 is 4.90 Å². The van der Waals surface area contributed by atoms with Crippen LogP contribution in [0.4, 0.5) is 23.7 Å². The fourth-order valence-electron chi connectivity index (χ4n) is 1.44. The smallest absolute Gasteiger partial charge is 0.301 e. The number of allylic oxidation sites excluding steroid dienone is 1. The summed E-state index contributed by atoms with van der Waals surface area (Å²) >= 11 is 5.28. The maximum atomic E-state index is 12.6. The molecule has 0 saturated carbocycles. The molecular formula is C12H11ClF3NO. The number of rotatable bonds is 2. The molecule has 0 heterocycles. The van der Waals surface area contributed by atoms with Crippen LogP contribution in [-0.2, 0) is 6.18 Å². The first-order valence-electron chi connectivity index (χ1n) is 4.95. The second-order valence-corrected chi connectivity index (χ2v) is 4.15. The SMILES string of the molecule is C=C(C)c1ccc(C(F)(F)F)cc1N(C)C(=O)Cl. The van der Waals surface area contributed by atoms with E-state index in [-0.39, 0.29) is 5.69 Å². The van der Waals surface area contributed by atoms with Gasteiger partial charge in [-0.05, 0) is 36.2 Å². The molecule has 2 nitrogen and oxygen atoms in total. The van der Waals surface area contributed by atoms with Crippen LogP contribution in [-0.4, -0.2) is 12.4 Å². The van der Waals surface area contributed by atoms with Gasteiger partial charge in [0.05, 0.1) is 11.3 Å². The van der Waals surface area contributed by atoms with Crippen LogP contribution in [0.25, 0.3) is 5.57 Å². The van der Waals surface area contributed by atoms with Gasteiger partial charge in [-0.15, -0.1) is 0 Å². The van der Waals surface area contributed by atoms with Gasteiger partial charge in [-0.3, -0.25) is 4.79 Å². The van der Waals surface area contributed by atoms with Gasteiger partial charge in [0, 0.05) is 12.6 Å². The summed E-state index contributed by atoms with van der Waals surface area (Å²) in [7, 11) is 1.30. The van der Waals surface area contributed by atoms with Crippen molar-refractivity contribution >= 4 is 28.2 Å². The van der Waals surface area contributed by atoms with Crippen LogP contribution in [0.3, 0.4) is 0 Å². The molecule has 1 aromatic carbocycles. The Labute approximate surface area is 108 Å². The molecule has 0 aromatic heterocycles. The van der Waals surface area contributed by atoms with Crippen molar-refractivity contribution in [2.45, 2.75) is 13.1 Å². The third kappa shape index (κ3) is 3.04. The molecule has 0 saturated heterocycles. The summed E-state index contributed by atoms with van der Waals surface area (Å²) in [5.41, 5.74) is 0.229. The lowest BCUT2D eigenvalue weighted by molar-refractivity contribution is -0.137. The van der Waals surface area contributed by atoms with Gasteiger partial charge in [-0.25, -0.2) is 0 Å². The minimum Gasteiger partial charge on any atom is -0.301 e. The highest BCUT2D eigenvalue weighted by molar-refractivity contribution is 6.66. The summed E-state index contributed by atoms with van der Waals surface area (Å²) in [6.07, 6.45) is -4.47. The summed E-state index contributed by atoms with van der Waals surface area (Å²) < 4.78 is 37.8. The molecule has 0 bridgehead atoms. The maximum absolute atomic E-state index is 12.6. The Morgan fingerprint density at radius 1 is 1.39 bits per heavy atom. The van der Waals surface area contributed by atoms with E-state index in [4.69, 9.17) is 11.6 Å². The number of alkyl halides is 3. The molecule has 6 heteroatoms. The van der Waals surface area contributed by atoms with Crippen molar-refractivity contribution in [1.29, 1.82) is 0 Å². The lowest BCUT2D eigenvalue weighted by atomic mass is 10.0. The second-order valence-electron chi connectivity index (χ2n) is 3.82. The molecule has 0 fully saturated rings. The summed E-state index contributed by atoms with van der Waals surface area (Å²) in [6.45, 7) is 5.29. The summed E-state index contributed by atoms with van der Waals surface area (Å²) in [5, 5.41) is -0.864. The van der Waals surface area contributed by atoms with Crippen LogP contribution in [0.2, 0.25) is 0 Å². The molecule has 0 N–H and O–H groups in total.